The Labute approximate surface area is 203 Å². The van der Waals surface area contributed by atoms with Crippen LogP contribution in [0.15, 0.2) is 30.7 Å². The third-order valence-corrected chi connectivity index (χ3v) is 6.80. The number of aromatic nitrogens is 6. The lowest BCUT2D eigenvalue weighted by molar-refractivity contribution is -0.136. The highest BCUT2D eigenvalue weighted by Gasteiger charge is 2.48. The highest BCUT2D eigenvalue weighted by atomic mass is 16.3. The van der Waals surface area contributed by atoms with E-state index < -0.39 is 17.6 Å². The molecule has 6 rings (SSSR count). The van der Waals surface area contributed by atoms with Crippen LogP contribution in [0.2, 0.25) is 0 Å². The van der Waals surface area contributed by atoms with E-state index >= 15 is 0 Å². The highest BCUT2D eigenvalue weighted by molar-refractivity contribution is 6.05. The van der Waals surface area contributed by atoms with Gasteiger partial charge in [0, 0.05) is 25.6 Å². The molecule has 14 heteroatoms. The summed E-state index contributed by atoms with van der Waals surface area (Å²) in [4.78, 5) is 56.4. The standard InChI is InChI=1S/C22H21N9O5/c1-28-21(23-11-24-28)22(36)9-29(10-22)20(35)15-8-31(27-26-15)13-2-3-14-12(6-13)7-30(19(14)34)16-4-5-17(32)25-18(16)33/h2-3,6,8,11,16,36H,4-5,7,9-10H2,1H3,(H,25,32,33). The Kier molecular flexibility index (Phi) is 4.76. The Morgan fingerprint density at radius 3 is 2.75 bits per heavy atom. The van der Waals surface area contributed by atoms with Crippen molar-refractivity contribution in [2.75, 3.05) is 13.1 Å². The molecule has 1 aromatic carbocycles. The van der Waals surface area contributed by atoms with Crippen LogP contribution in [0, 0.1) is 0 Å². The van der Waals surface area contributed by atoms with Crippen LogP contribution in [-0.2, 0) is 28.8 Å². The van der Waals surface area contributed by atoms with E-state index in [1.54, 1.807) is 25.2 Å². The van der Waals surface area contributed by atoms with Gasteiger partial charge < -0.3 is 14.9 Å². The molecule has 5 heterocycles. The number of benzene rings is 1. The Morgan fingerprint density at radius 1 is 1.22 bits per heavy atom. The minimum absolute atomic E-state index is 0.0579. The first-order chi connectivity index (χ1) is 17.2. The summed E-state index contributed by atoms with van der Waals surface area (Å²) >= 11 is 0. The van der Waals surface area contributed by atoms with Gasteiger partial charge in [-0.1, -0.05) is 5.21 Å². The number of aryl methyl sites for hydroxylation is 1. The summed E-state index contributed by atoms with van der Waals surface area (Å²) in [5.74, 6) is -1.07. The summed E-state index contributed by atoms with van der Waals surface area (Å²) in [6, 6.07) is 4.40. The third-order valence-electron chi connectivity index (χ3n) is 6.80. The normalized spacial score (nSPS) is 20.8. The number of likely N-dealkylation sites (tertiary alicyclic amines) is 1. The lowest BCUT2D eigenvalue weighted by atomic mass is 9.93. The van der Waals surface area contributed by atoms with Gasteiger partial charge in [0.1, 0.15) is 12.4 Å². The number of hydrogen-bond donors (Lipinski definition) is 2. The molecule has 2 fully saturated rings. The van der Waals surface area contributed by atoms with Gasteiger partial charge in [0.05, 0.1) is 25.0 Å². The van der Waals surface area contributed by atoms with E-state index in [4.69, 9.17) is 0 Å². The molecule has 0 spiro atoms. The molecule has 36 heavy (non-hydrogen) atoms. The van der Waals surface area contributed by atoms with Crippen molar-refractivity contribution in [1.82, 2.24) is 44.9 Å². The fourth-order valence-corrected chi connectivity index (χ4v) is 4.94. The fraction of sp³-hybridized carbons (Fsp3) is 0.364. The number of aliphatic hydroxyl groups is 1. The van der Waals surface area contributed by atoms with Crippen LogP contribution in [0.3, 0.4) is 0 Å². The molecule has 0 radical (unpaired) electrons. The second-order valence-corrected chi connectivity index (χ2v) is 9.19. The van der Waals surface area contributed by atoms with Crippen molar-refractivity contribution in [2.45, 2.75) is 31.0 Å². The molecule has 2 N–H and O–H groups in total. The Bertz CT molecular complexity index is 1440. The number of nitrogens with one attached hydrogen (secondary N) is 1. The van der Waals surface area contributed by atoms with Crippen LogP contribution < -0.4 is 5.32 Å². The van der Waals surface area contributed by atoms with Gasteiger partial charge in [-0.05, 0) is 30.2 Å². The number of rotatable bonds is 4. The molecule has 1 atom stereocenters. The van der Waals surface area contributed by atoms with E-state index in [0.29, 0.717) is 22.6 Å². The molecule has 184 valence electrons. The molecule has 14 nitrogen and oxygen atoms in total. The van der Waals surface area contributed by atoms with Gasteiger partial charge in [0.25, 0.3) is 11.8 Å². The van der Waals surface area contributed by atoms with E-state index in [2.05, 4.69) is 25.7 Å². The largest absolute Gasteiger partial charge is 0.378 e. The molecule has 2 aromatic heterocycles. The van der Waals surface area contributed by atoms with Crippen LogP contribution in [-0.4, -0.2) is 87.4 Å². The average molecular weight is 491 g/mol. The summed E-state index contributed by atoms with van der Waals surface area (Å²) in [7, 11) is 1.67. The number of β-amino-alcohol motifs (C(OH)–C–C–N with tert-alkyl or cyclic N) is 1. The van der Waals surface area contributed by atoms with E-state index in [1.807, 2.05) is 0 Å². The Hall–Kier alpha value is -4.46. The smallest absolute Gasteiger partial charge is 0.276 e. The van der Waals surface area contributed by atoms with Crippen LogP contribution in [0.4, 0.5) is 0 Å². The molecular weight excluding hydrogens is 470 g/mol. The van der Waals surface area contributed by atoms with Gasteiger partial charge in [0.2, 0.25) is 11.8 Å². The predicted octanol–water partition coefficient (Wildman–Crippen LogP) is -1.50. The maximum Gasteiger partial charge on any atom is 0.276 e. The number of carbonyl (C=O) groups is 4. The number of imide groups is 1. The van der Waals surface area contributed by atoms with Gasteiger partial charge in [-0.15, -0.1) is 5.10 Å². The van der Waals surface area contributed by atoms with Gasteiger partial charge >= 0.3 is 0 Å². The topological polar surface area (TPSA) is 168 Å². The zero-order valence-electron chi connectivity index (χ0n) is 19.2. The molecular formula is C22H21N9O5. The first-order valence-corrected chi connectivity index (χ1v) is 11.3. The van der Waals surface area contributed by atoms with Crippen molar-refractivity contribution in [2.24, 2.45) is 7.05 Å². The van der Waals surface area contributed by atoms with Gasteiger partial charge in [-0.2, -0.15) is 5.10 Å². The molecule has 0 saturated carbocycles. The first-order valence-electron chi connectivity index (χ1n) is 11.3. The first kappa shape index (κ1) is 22.0. The van der Waals surface area contributed by atoms with Crippen LogP contribution >= 0.6 is 0 Å². The molecule has 2 saturated heterocycles. The molecule has 3 aliphatic heterocycles. The number of nitrogens with zero attached hydrogens (tertiary/aromatic N) is 8. The second kappa shape index (κ2) is 7.78. The van der Waals surface area contributed by atoms with Crippen molar-refractivity contribution in [3.05, 3.63) is 53.4 Å². The third kappa shape index (κ3) is 3.37. The van der Waals surface area contributed by atoms with E-state index in [-0.39, 0.29) is 55.9 Å². The zero-order chi connectivity index (χ0) is 25.2. The Balaban J connectivity index is 1.16. The number of amides is 4. The summed E-state index contributed by atoms with van der Waals surface area (Å²) in [6.45, 7) is 0.341. The summed E-state index contributed by atoms with van der Waals surface area (Å²) in [5.41, 5.74) is 0.623. The molecule has 0 bridgehead atoms. The summed E-state index contributed by atoms with van der Waals surface area (Å²) in [6.07, 6.45) is 3.30. The predicted molar refractivity (Wildman–Crippen MR) is 118 cm³/mol. The van der Waals surface area contributed by atoms with Gasteiger partial charge in [-0.3, -0.25) is 29.2 Å². The van der Waals surface area contributed by atoms with Crippen molar-refractivity contribution >= 4 is 23.6 Å². The summed E-state index contributed by atoms with van der Waals surface area (Å²) < 4.78 is 2.90. The van der Waals surface area contributed by atoms with E-state index in [1.165, 1.54) is 31.7 Å². The molecule has 3 aliphatic rings. The molecule has 1 unspecified atom stereocenters. The second-order valence-electron chi connectivity index (χ2n) is 9.19. The van der Waals surface area contributed by atoms with E-state index in [0.717, 1.165) is 0 Å². The van der Waals surface area contributed by atoms with Crippen molar-refractivity contribution in [1.29, 1.82) is 0 Å². The van der Waals surface area contributed by atoms with E-state index in [9.17, 15) is 24.3 Å². The quantitative estimate of drug-likeness (QED) is 0.413. The number of fused-ring (bicyclic) bond motifs is 1. The minimum Gasteiger partial charge on any atom is -0.378 e. The molecule has 4 amide bonds. The van der Waals surface area contributed by atoms with Gasteiger partial charge in [-0.25, -0.2) is 9.67 Å². The minimum atomic E-state index is -1.27. The van der Waals surface area contributed by atoms with Gasteiger partial charge in [0.15, 0.2) is 17.1 Å². The fourth-order valence-electron chi connectivity index (χ4n) is 4.94. The van der Waals surface area contributed by atoms with Crippen LogP contribution in [0.25, 0.3) is 5.69 Å². The van der Waals surface area contributed by atoms with Crippen molar-refractivity contribution in [3.63, 3.8) is 0 Å². The maximum atomic E-state index is 12.9. The SMILES string of the molecule is Cn1ncnc1C1(O)CN(C(=O)c2cn(-c3ccc4c(c3)CN(C3CCC(=O)NC3=O)C4=O)nn2)C1. The zero-order valence-corrected chi connectivity index (χ0v) is 19.2. The molecule has 3 aromatic rings. The number of carbonyl (C=O) groups excluding carboxylic acids is 4. The lowest BCUT2D eigenvalue weighted by Crippen LogP contribution is -2.62. The highest BCUT2D eigenvalue weighted by Crippen LogP contribution is 2.32. The van der Waals surface area contributed by atoms with Crippen LogP contribution in [0.5, 0.6) is 0 Å². The number of piperidine rings is 1. The average Bonchev–Trinajstić information content (AvgIpc) is 3.56. The number of hydrogen-bond acceptors (Lipinski definition) is 9. The van der Waals surface area contributed by atoms with Crippen molar-refractivity contribution in [3.8, 4) is 5.69 Å². The van der Waals surface area contributed by atoms with Crippen molar-refractivity contribution < 1.29 is 24.3 Å². The van der Waals surface area contributed by atoms with Crippen LogP contribution in [0.1, 0.15) is 45.1 Å². The molecule has 0 aliphatic carbocycles. The lowest BCUT2D eigenvalue weighted by Gasteiger charge is -2.44. The summed E-state index contributed by atoms with van der Waals surface area (Å²) in [5, 5.41) is 25.0. The monoisotopic (exact) mass is 491 g/mol. The Morgan fingerprint density at radius 2 is 2.03 bits per heavy atom. The maximum absolute atomic E-state index is 12.9.